The molecule has 0 saturated carbocycles. The highest BCUT2D eigenvalue weighted by atomic mass is 19.4. The van der Waals surface area contributed by atoms with Gasteiger partial charge in [-0.2, -0.15) is 35.1 Å². The molecule has 0 aliphatic heterocycles. The summed E-state index contributed by atoms with van der Waals surface area (Å²) in [7, 11) is 0. The summed E-state index contributed by atoms with van der Waals surface area (Å²) < 4.78 is 102. The molecule has 18 heavy (non-hydrogen) atoms. The van der Waals surface area contributed by atoms with E-state index in [2.05, 4.69) is 0 Å². The summed E-state index contributed by atoms with van der Waals surface area (Å²) in [6.45, 7) is 0.0923. The van der Waals surface area contributed by atoms with Gasteiger partial charge in [-0.05, 0) is 13.8 Å². The molecule has 10 heteroatoms. The predicted molar refractivity (Wildman–Crippen MR) is 43.1 cm³/mol. The Morgan fingerprint density at radius 3 is 0.889 bits per heavy atom. The minimum atomic E-state index is -6.55. The van der Waals surface area contributed by atoms with Gasteiger partial charge in [-0.15, -0.1) is 0 Å². The average molecular weight is 290 g/mol. The monoisotopic (exact) mass is 290 g/mol. The van der Waals surface area contributed by atoms with Crippen molar-refractivity contribution in [3.63, 3.8) is 0 Å². The molecule has 0 bridgehead atoms. The first-order chi connectivity index (χ1) is 7.64. The van der Waals surface area contributed by atoms with Gasteiger partial charge in [0.2, 0.25) is 0 Å². The van der Waals surface area contributed by atoms with E-state index in [1.54, 1.807) is 0 Å². The van der Waals surface area contributed by atoms with Crippen molar-refractivity contribution in [1.29, 1.82) is 0 Å². The van der Waals surface area contributed by atoms with Gasteiger partial charge in [0.25, 0.3) is 0 Å². The first-order valence-electron chi connectivity index (χ1n) is 4.51. The fourth-order valence-corrected chi connectivity index (χ4v) is 0.943. The highest BCUT2D eigenvalue weighted by molar-refractivity contribution is 5.06. The van der Waals surface area contributed by atoms with Gasteiger partial charge in [0.15, 0.2) is 0 Å². The Balaban J connectivity index is 5.74. The highest BCUT2D eigenvalue weighted by Crippen LogP contribution is 2.54. The van der Waals surface area contributed by atoms with Gasteiger partial charge >= 0.3 is 23.7 Å². The van der Waals surface area contributed by atoms with E-state index in [-0.39, 0.29) is 13.8 Å². The van der Waals surface area contributed by atoms with Crippen molar-refractivity contribution in [2.45, 2.75) is 49.7 Å². The molecule has 0 aliphatic rings. The van der Waals surface area contributed by atoms with Crippen molar-refractivity contribution in [3.8, 4) is 0 Å². The molecule has 0 radical (unpaired) electrons. The number of aliphatic hydroxyl groups is 2. The summed E-state index contributed by atoms with van der Waals surface area (Å²) in [6.07, 6.45) is -6.58. The van der Waals surface area contributed by atoms with Crippen LogP contribution in [0.1, 0.15) is 13.8 Å². The van der Waals surface area contributed by atoms with E-state index >= 15 is 0 Å². The molecule has 0 spiro atoms. The Morgan fingerprint density at radius 1 is 0.611 bits per heavy atom. The lowest BCUT2D eigenvalue weighted by Gasteiger charge is -2.38. The summed E-state index contributed by atoms with van der Waals surface area (Å²) in [5, 5.41) is 16.6. The fourth-order valence-electron chi connectivity index (χ4n) is 0.943. The summed E-state index contributed by atoms with van der Waals surface area (Å²) in [4.78, 5) is 0. The molecule has 2 N–H and O–H groups in total. The van der Waals surface area contributed by atoms with Crippen molar-refractivity contribution in [2.75, 3.05) is 0 Å². The fraction of sp³-hybridized carbons (Fsp3) is 1.00. The first kappa shape index (κ1) is 17.4. The largest absolute Gasteiger partial charge is 0.387 e. The Kier molecular flexibility index (Phi) is 4.32. The molecule has 0 rings (SSSR count). The standard InChI is InChI=1S/C8H10F8O2/c1-3(17)5(9,10)7(13,14)8(15,16)6(11,12)4(2)18/h3-4,17-18H,1-2H3. The van der Waals surface area contributed by atoms with Crippen LogP contribution in [-0.2, 0) is 0 Å². The van der Waals surface area contributed by atoms with Crippen molar-refractivity contribution in [1.82, 2.24) is 0 Å². The lowest BCUT2D eigenvalue weighted by molar-refractivity contribution is -0.388. The Hall–Kier alpha value is -0.640. The maximum absolute atomic E-state index is 12.8. The van der Waals surface area contributed by atoms with Crippen molar-refractivity contribution >= 4 is 0 Å². The second kappa shape index (κ2) is 4.48. The minimum absolute atomic E-state index is 0.0461. The molecule has 0 aromatic heterocycles. The molecule has 0 aliphatic carbocycles. The molecular formula is C8H10F8O2. The van der Waals surface area contributed by atoms with Gasteiger partial charge in [-0.1, -0.05) is 0 Å². The van der Waals surface area contributed by atoms with Crippen LogP contribution in [0.5, 0.6) is 0 Å². The van der Waals surface area contributed by atoms with Crippen LogP contribution < -0.4 is 0 Å². The zero-order valence-electron chi connectivity index (χ0n) is 9.07. The molecule has 0 fully saturated rings. The second-order valence-corrected chi connectivity index (χ2v) is 3.75. The molecule has 2 atom stereocenters. The highest BCUT2D eigenvalue weighted by Gasteiger charge is 2.82. The summed E-state index contributed by atoms with van der Waals surface area (Å²) in [5.74, 6) is -24.7. The zero-order chi connectivity index (χ0) is 15.2. The maximum Gasteiger partial charge on any atom is 0.380 e. The average Bonchev–Trinajstić information content (AvgIpc) is 2.15. The summed E-state index contributed by atoms with van der Waals surface area (Å²) in [5.41, 5.74) is 0. The van der Waals surface area contributed by atoms with Crippen LogP contribution in [0.25, 0.3) is 0 Å². The van der Waals surface area contributed by atoms with Crippen molar-refractivity contribution in [2.24, 2.45) is 0 Å². The van der Waals surface area contributed by atoms with Crippen LogP contribution in [0.2, 0.25) is 0 Å². The summed E-state index contributed by atoms with van der Waals surface area (Å²) >= 11 is 0. The number of hydrogen-bond donors (Lipinski definition) is 2. The SMILES string of the molecule is CC(O)C(F)(F)C(F)(F)C(F)(F)C(F)(F)C(C)O. The Morgan fingerprint density at radius 2 is 0.778 bits per heavy atom. The van der Waals surface area contributed by atoms with E-state index in [9.17, 15) is 35.1 Å². The molecule has 0 aromatic carbocycles. The number of hydrogen-bond acceptors (Lipinski definition) is 2. The number of halogens is 8. The lowest BCUT2D eigenvalue weighted by atomic mass is 9.93. The van der Waals surface area contributed by atoms with E-state index in [0.717, 1.165) is 0 Å². The molecule has 2 nitrogen and oxygen atoms in total. The number of aliphatic hydroxyl groups excluding tert-OH is 2. The quantitative estimate of drug-likeness (QED) is 0.763. The Bertz CT molecular complexity index is 269. The molecule has 110 valence electrons. The van der Waals surface area contributed by atoms with Crippen LogP contribution in [0.3, 0.4) is 0 Å². The van der Waals surface area contributed by atoms with Crippen molar-refractivity contribution in [3.05, 3.63) is 0 Å². The topological polar surface area (TPSA) is 40.5 Å². The van der Waals surface area contributed by atoms with Gasteiger partial charge in [0.1, 0.15) is 12.2 Å². The van der Waals surface area contributed by atoms with Crippen molar-refractivity contribution < 1.29 is 45.3 Å². The predicted octanol–water partition coefficient (Wildman–Crippen LogP) is 2.29. The van der Waals surface area contributed by atoms with Crippen LogP contribution in [0.4, 0.5) is 35.1 Å². The molecule has 0 saturated heterocycles. The van der Waals surface area contributed by atoms with Gasteiger partial charge < -0.3 is 10.2 Å². The van der Waals surface area contributed by atoms with E-state index in [4.69, 9.17) is 10.2 Å². The van der Waals surface area contributed by atoms with Gasteiger partial charge in [0.05, 0.1) is 0 Å². The molecule has 0 amide bonds. The normalized spacial score (nSPS) is 18.7. The maximum atomic E-state index is 12.8. The van der Waals surface area contributed by atoms with E-state index < -0.39 is 35.9 Å². The zero-order valence-corrected chi connectivity index (χ0v) is 9.07. The second-order valence-electron chi connectivity index (χ2n) is 3.75. The van der Waals surface area contributed by atoms with Gasteiger partial charge in [0, 0.05) is 0 Å². The van der Waals surface area contributed by atoms with Crippen LogP contribution in [0, 0.1) is 0 Å². The molecule has 2 unspecified atom stereocenters. The molecule has 0 aromatic rings. The molecular weight excluding hydrogens is 280 g/mol. The van der Waals surface area contributed by atoms with Gasteiger partial charge in [-0.25, -0.2) is 0 Å². The van der Waals surface area contributed by atoms with E-state index in [1.807, 2.05) is 0 Å². The number of rotatable bonds is 5. The lowest BCUT2D eigenvalue weighted by Crippen LogP contribution is -2.67. The van der Waals surface area contributed by atoms with Gasteiger partial charge in [-0.3, -0.25) is 0 Å². The third-order valence-corrected chi connectivity index (χ3v) is 2.28. The van der Waals surface area contributed by atoms with Crippen LogP contribution >= 0.6 is 0 Å². The van der Waals surface area contributed by atoms with Crippen LogP contribution in [-0.4, -0.2) is 46.1 Å². The first-order valence-corrected chi connectivity index (χ1v) is 4.51. The smallest absolute Gasteiger partial charge is 0.380 e. The van der Waals surface area contributed by atoms with E-state index in [0.29, 0.717) is 0 Å². The third-order valence-electron chi connectivity index (χ3n) is 2.28. The molecule has 0 heterocycles. The summed E-state index contributed by atoms with van der Waals surface area (Å²) in [6, 6.07) is 0. The van der Waals surface area contributed by atoms with Crippen LogP contribution in [0.15, 0.2) is 0 Å². The Labute approximate surface area is 96.2 Å². The third kappa shape index (κ3) is 2.15. The number of alkyl halides is 8. The minimum Gasteiger partial charge on any atom is -0.387 e. The van der Waals surface area contributed by atoms with E-state index in [1.165, 1.54) is 0 Å².